The zero-order valence-electron chi connectivity index (χ0n) is 7.82. The molecule has 0 radical (unpaired) electrons. The molecule has 1 aromatic heterocycles. The smallest absolute Gasteiger partial charge is 0.150 e. The van der Waals surface area contributed by atoms with Gasteiger partial charge in [-0.15, -0.1) is 0 Å². The summed E-state index contributed by atoms with van der Waals surface area (Å²) in [6.45, 7) is 0.109. The molecule has 0 aliphatic carbocycles. The van der Waals surface area contributed by atoms with Crippen LogP contribution >= 0.6 is 0 Å². The summed E-state index contributed by atoms with van der Waals surface area (Å²) in [5.74, 6) is -1.29. The van der Waals surface area contributed by atoms with E-state index in [2.05, 4.69) is 4.98 Å². The van der Waals surface area contributed by atoms with E-state index in [1.54, 1.807) is 0 Å². The minimum Gasteiger partial charge on any atom is -0.326 e. The molecule has 0 saturated carbocycles. The lowest BCUT2D eigenvalue weighted by molar-refractivity contribution is 0.566. The molecule has 1 heterocycles. The molecule has 2 rings (SSSR count). The van der Waals surface area contributed by atoms with Gasteiger partial charge in [-0.05, 0) is 17.7 Å². The van der Waals surface area contributed by atoms with E-state index in [0.717, 1.165) is 0 Å². The summed E-state index contributed by atoms with van der Waals surface area (Å²) in [4.78, 5) is 3.73. The molecule has 15 heavy (non-hydrogen) atoms. The molecule has 0 bridgehead atoms. The monoisotopic (exact) mass is 209 g/mol. The van der Waals surface area contributed by atoms with Gasteiger partial charge < -0.3 is 10.3 Å². The third kappa shape index (κ3) is 1.73. The normalized spacial score (nSPS) is 10.6. The van der Waals surface area contributed by atoms with E-state index in [1.807, 2.05) is 0 Å². The Labute approximate surface area is 85.2 Å². The molecule has 0 saturated heterocycles. The summed E-state index contributed by atoms with van der Waals surface area (Å²) in [5, 5.41) is 0. The van der Waals surface area contributed by atoms with Crippen LogP contribution in [0.25, 0.3) is 5.69 Å². The fourth-order valence-corrected chi connectivity index (χ4v) is 1.37. The molecule has 0 atom stereocenters. The summed E-state index contributed by atoms with van der Waals surface area (Å²) >= 11 is 0. The summed E-state index contributed by atoms with van der Waals surface area (Å²) in [6.07, 6.45) is 4.27. The Balaban J connectivity index is 2.58. The van der Waals surface area contributed by atoms with Crippen LogP contribution in [-0.2, 0) is 6.54 Å². The first-order valence-corrected chi connectivity index (χ1v) is 4.38. The van der Waals surface area contributed by atoms with Crippen molar-refractivity contribution in [3.05, 3.63) is 48.1 Å². The van der Waals surface area contributed by atoms with Gasteiger partial charge in [-0.2, -0.15) is 0 Å². The van der Waals surface area contributed by atoms with Crippen LogP contribution in [0.1, 0.15) is 5.56 Å². The predicted octanol–water partition coefficient (Wildman–Crippen LogP) is 1.61. The van der Waals surface area contributed by atoms with Crippen molar-refractivity contribution < 1.29 is 8.78 Å². The van der Waals surface area contributed by atoms with Gasteiger partial charge >= 0.3 is 0 Å². The third-order valence-electron chi connectivity index (χ3n) is 2.07. The molecule has 3 nitrogen and oxygen atoms in total. The molecule has 0 fully saturated rings. The molecular weight excluding hydrogens is 200 g/mol. The minimum absolute atomic E-state index is 0.109. The first-order chi connectivity index (χ1) is 7.22. The van der Waals surface area contributed by atoms with Gasteiger partial charge in [0, 0.05) is 18.9 Å². The lowest BCUT2D eigenvalue weighted by Crippen LogP contribution is -2.03. The lowest BCUT2D eigenvalue weighted by Gasteiger charge is -2.07. The molecule has 0 aliphatic heterocycles. The number of rotatable bonds is 2. The topological polar surface area (TPSA) is 43.8 Å². The standard InChI is InChI=1S/C10H9F2N3/c11-8-3-7(5-13)4-9(12)10(8)15-2-1-14-6-15/h1-4,6H,5,13H2. The van der Waals surface area contributed by atoms with Gasteiger partial charge in [0.05, 0.1) is 6.33 Å². The number of imidazole rings is 1. The van der Waals surface area contributed by atoms with Gasteiger partial charge in [0.1, 0.15) is 5.69 Å². The highest BCUT2D eigenvalue weighted by molar-refractivity contribution is 5.38. The van der Waals surface area contributed by atoms with E-state index in [-0.39, 0.29) is 12.2 Å². The maximum absolute atomic E-state index is 13.5. The van der Waals surface area contributed by atoms with Crippen molar-refractivity contribution in [1.82, 2.24) is 9.55 Å². The first-order valence-electron chi connectivity index (χ1n) is 4.38. The van der Waals surface area contributed by atoms with E-state index in [0.29, 0.717) is 5.56 Å². The van der Waals surface area contributed by atoms with Crippen LogP contribution in [0.15, 0.2) is 30.9 Å². The van der Waals surface area contributed by atoms with Crippen molar-refractivity contribution >= 4 is 0 Å². The molecule has 5 heteroatoms. The largest absolute Gasteiger partial charge is 0.326 e. The zero-order chi connectivity index (χ0) is 10.8. The number of hydrogen-bond donors (Lipinski definition) is 1. The number of hydrogen-bond acceptors (Lipinski definition) is 2. The molecule has 78 valence electrons. The van der Waals surface area contributed by atoms with Gasteiger partial charge in [0.25, 0.3) is 0 Å². The highest BCUT2D eigenvalue weighted by atomic mass is 19.1. The van der Waals surface area contributed by atoms with Crippen molar-refractivity contribution in [3.63, 3.8) is 0 Å². The van der Waals surface area contributed by atoms with Crippen molar-refractivity contribution in [2.45, 2.75) is 6.54 Å². The second-order valence-electron chi connectivity index (χ2n) is 3.08. The Hall–Kier alpha value is -1.75. The van der Waals surface area contributed by atoms with Crippen molar-refractivity contribution in [1.29, 1.82) is 0 Å². The molecule has 0 unspecified atom stereocenters. The average Bonchev–Trinajstić information content (AvgIpc) is 2.69. The van der Waals surface area contributed by atoms with E-state index in [1.165, 1.54) is 35.4 Å². The summed E-state index contributed by atoms with van der Waals surface area (Å²) in [6, 6.07) is 2.44. The fourth-order valence-electron chi connectivity index (χ4n) is 1.37. The summed E-state index contributed by atoms with van der Waals surface area (Å²) in [7, 11) is 0. The van der Waals surface area contributed by atoms with Gasteiger partial charge in [-0.25, -0.2) is 13.8 Å². The maximum Gasteiger partial charge on any atom is 0.150 e. The lowest BCUT2D eigenvalue weighted by atomic mass is 10.2. The number of nitrogens with zero attached hydrogens (tertiary/aromatic N) is 2. The molecular formula is C10H9F2N3. The van der Waals surface area contributed by atoms with E-state index < -0.39 is 11.6 Å². The minimum atomic E-state index is -0.645. The molecule has 2 N–H and O–H groups in total. The number of aromatic nitrogens is 2. The Morgan fingerprint density at radius 2 is 1.93 bits per heavy atom. The predicted molar refractivity (Wildman–Crippen MR) is 51.4 cm³/mol. The fraction of sp³-hybridized carbons (Fsp3) is 0.100. The quantitative estimate of drug-likeness (QED) is 0.816. The van der Waals surface area contributed by atoms with E-state index in [9.17, 15) is 8.78 Å². The molecule has 0 amide bonds. The van der Waals surface area contributed by atoms with Gasteiger partial charge in [-0.3, -0.25) is 0 Å². The number of nitrogens with two attached hydrogens (primary N) is 1. The van der Waals surface area contributed by atoms with Crippen LogP contribution in [0.2, 0.25) is 0 Å². The SMILES string of the molecule is NCc1cc(F)c(-n2ccnc2)c(F)c1. The summed E-state index contributed by atoms with van der Waals surface area (Å²) < 4.78 is 28.3. The molecule has 1 aromatic carbocycles. The zero-order valence-corrected chi connectivity index (χ0v) is 7.82. The Morgan fingerprint density at radius 3 is 2.40 bits per heavy atom. The van der Waals surface area contributed by atoms with Crippen LogP contribution < -0.4 is 5.73 Å². The van der Waals surface area contributed by atoms with Gasteiger partial charge in [-0.1, -0.05) is 0 Å². The highest BCUT2D eigenvalue weighted by Gasteiger charge is 2.11. The molecule has 2 aromatic rings. The van der Waals surface area contributed by atoms with Crippen LogP contribution in [-0.4, -0.2) is 9.55 Å². The van der Waals surface area contributed by atoms with Crippen LogP contribution in [0.3, 0.4) is 0 Å². The van der Waals surface area contributed by atoms with Crippen LogP contribution in [0.5, 0.6) is 0 Å². The second-order valence-corrected chi connectivity index (χ2v) is 3.08. The van der Waals surface area contributed by atoms with Gasteiger partial charge in [0.15, 0.2) is 11.6 Å². The van der Waals surface area contributed by atoms with Crippen molar-refractivity contribution in [2.24, 2.45) is 5.73 Å². The Bertz CT molecular complexity index is 443. The van der Waals surface area contributed by atoms with Crippen molar-refractivity contribution in [2.75, 3.05) is 0 Å². The first kappa shape index (κ1) is 9.79. The van der Waals surface area contributed by atoms with Crippen molar-refractivity contribution in [3.8, 4) is 5.69 Å². The van der Waals surface area contributed by atoms with Crippen LogP contribution in [0.4, 0.5) is 8.78 Å². The Morgan fingerprint density at radius 1 is 1.27 bits per heavy atom. The maximum atomic E-state index is 13.5. The van der Waals surface area contributed by atoms with E-state index in [4.69, 9.17) is 5.73 Å². The highest BCUT2D eigenvalue weighted by Crippen LogP contribution is 2.19. The van der Waals surface area contributed by atoms with E-state index >= 15 is 0 Å². The average molecular weight is 209 g/mol. The summed E-state index contributed by atoms with van der Waals surface area (Å²) in [5.41, 5.74) is 5.59. The Kier molecular flexibility index (Phi) is 2.47. The molecule has 0 spiro atoms. The molecule has 0 aliphatic rings. The number of halogens is 2. The van der Waals surface area contributed by atoms with Crippen LogP contribution in [0, 0.1) is 11.6 Å². The van der Waals surface area contributed by atoms with Gasteiger partial charge in [0.2, 0.25) is 0 Å². The number of benzene rings is 1. The third-order valence-corrected chi connectivity index (χ3v) is 2.07. The second kappa shape index (κ2) is 3.78.